The Morgan fingerprint density at radius 2 is 0.686 bits per heavy atom. The lowest BCUT2D eigenvalue weighted by molar-refractivity contribution is 0.00578. The smallest absolute Gasteiger partial charge is 0.399 e. The summed E-state index contributed by atoms with van der Waals surface area (Å²) >= 11 is 3.38. The van der Waals surface area contributed by atoms with E-state index in [9.17, 15) is 0 Å². The van der Waals surface area contributed by atoms with Crippen molar-refractivity contribution in [3.63, 3.8) is 0 Å². The molecule has 1 fully saturated rings. The first-order valence-electron chi connectivity index (χ1n) is 28.6. The van der Waals surface area contributed by atoms with E-state index in [1.54, 1.807) is 31.0 Å². The van der Waals surface area contributed by atoms with Gasteiger partial charge in [0.2, 0.25) is 0 Å². The van der Waals surface area contributed by atoms with Crippen LogP contribution in [0.4, 0.5) is 0 Å². The van der Waals surface area contributed by atoms with Gasteiger partial charge in [-0.3, -0.25) is 9.97 Å². The minimum absolute atomic E-state index is 0.367. The molecule has 0 bridgehead atoms. The highest BCUT2D eigenvalue weighted by atomic mass is 79.9. The number of rotatable bonds is 4. The Morgan fingerprint density at radius 1 is 0.314 bits per heavy atom. The maximum atomic E-state index is 6.33. The minimum Gasteiger partial charge on any atom is -0.399 e. The Hall–Kier alpha value is -9.98. The van der Waals surface area contributed by atoms with E-state index in [2.05, 4.69) is 242 Å². The zero-order valence-electron chi connectivity index (χ0n) is 47.4. The Labute approximate surface area is 503 Å². The molecule has 0 radical (unpaired) electrons. The van der Waals surface area contributed by atoms with Gasteiger partial charge in [0.1, 0.15) is 4.60 Å². The SMILES string of the molecule is Brc1ccc2ccc3cccnc3c2n1.CC1(C)OB(c2ccc3c4ccc(-c5ncccn5)cc4c4ccccc4c3c2)OC1(C)C.c1cnc(-c2ccc3c4ccc(-c5ccc6ccc7cccnc7c6n5)cc4c4ccccc4c3c2)nc1. The maximum absolute atomic E-state index is 6.33. The predicted octanol–water partition coefficient (Wildman–Crippen LogP) is 17.8. The molecule has 410 valence electrons. The van der Waals surface area contributed by atoms with Crippen molar-refractivity contribution in [1.82, 2.24) is 39.9 Å². The van der Waals surface area contributed by atoms with Crippen LogP contribution in [-0.2, 0) is 9.31 Å². The predicted molar refractivity (Wildman–Crippen MR) is 356 cm³/mol. The molecular formula is C74H52BBrN8O2. The van der Waals surface area contributed by atoms with Crippen molar-refractivity contribution in [2.75, 3.05) is 0 Å². The van der Waals surface area contributed by atoms with Crippen LogP contribution >= 0.6 is 15.9 Å². The standard InChI is InChI=1S/C34H20N4.C28H25BN2O2.C12H7BrN2/c1-2-7-26-25(6-1)29-19-23(31-15-12-22-9-8-21-5-3-16-35-32(21)33(22)38-31)10-13-27(29)28-14-11-24(20-30(26)28)34-36-17-4-18-37-34;1-27(2)28(3,4)33-29(32-27)19-11-13-23-22-12-10-18(26-30-14-7-15-31-26)16-24(22)20-8-5-6-9-21(20)25(23)17-19;13-10-6-5-9-4-3-8-2-1-7-14-11(8)12(9)15-10/h1-20H;5-17H,1-4H3;1-7H. The Balaban J connectivity index is 0.000000118. The molecule has 10 nitrogen and oxygen atoms in total. The zero-order valence-corrected chi connectivity index (χ0v) is 49.0. The fraction of sp³-hybridized carbons (Fsp3) is 0.0811. The summed E-state index contributed by atoms with van der Waals surface area (Å²) in [6, 6.07) is 71.7. The van der Waals surface area contributed by atoms with E-state index >= 15 is 0 Å². The lowest BCUT2D eigenvalue weighted by Gasteiger charge is -2.32. The molecule has 6 aromatic heterocycles. The van der Waals surface area contributed by atoms with E-state index in [-0.39, 0.29) is 18.3 Å². The van der Waals surface area contributed by atoms with Crippen LogP contribution in [0.1, 0.15) is 27.7 Å². The molecule has 12 heteroatoms. The van der Waals surface area contributed by atoms with Gasteiger partial charge in [0.15, 0.2) is 11.6 Å². The molecule has 0 unspecified atom stereocenters. The highest BCUT2D eigenvalue weighted by molar-refractivity contribution is 9.10. The summed E-state index contributed by atoms with van der Waals surface area (Å²) in [5, 5.41) is 19.0. The molecule has 1 aliphatic heterocycles. The third kappa shape index (κ3) is 9.39. The summed E-state index contributed by atoms with van der Waals surface area (Å²) in [4.78, 5) is 36.3. The van der Waals surface area contributed by atoms with Crippen molar-refractivity contribution in [3.05, 3.63) is 248 Å². The van der Waals surface area contributed by atoms with Gasteiger partial charge in [-0.05, 0) is 168 Å². The second-order valence-electron chi connectivity index (χ2n) is 22.7. The van der Waals surface area contributed by atoms with Crippen LogP contribution < -0.4 is 5.46 Å². The van der Waals surface area contributed by atoms with Crippen LogP contribution in [0.5, 0.6) is 0 Å². The van der Waals surface area contributed by atoms with Gasteiger partial charge in [-0.2, -0.15) is 0 Å². The van der Waals surface area contributed by atoms with Crippen LogP contribution in [0, 0.1) is 0 Å². The van der Waals surface area contributed by atoms with Gasteiger partial charge in [0.25, 0.3) is 0 Å². The van der Waals surface area contributed by atoms with Crippen molar-refractivity contribution >= 4 is 137 Å². The lowest BCUT2D eigenvalue weighted by Crippen LogP contribution is -2.41. The first kappa shape index (κ1) is 52.8. The highest BCUT2D eigenvalue weighted by Crippen LogP contribution is 2.41. The largest absolute Gasteiger partial charge is 0.494 e. The van der Waals surface area contributed by atoms with E-state index in [1.807, 2.05) is 48.7 Å². The van der Waals surface area contributed by atoms with E-state index in [4.69, 9.17) is 14.3 Å². The number of hydrogen-bond acceptors (Lipinski definition) is 10. The van der Waals surface area contributed by atoms with Gasteiger partial charge < -0.3 is 9.31 Å². The quantitative estimate of drug-likeness (QED) is 0.0956. The third-order valence-electron chi connectivity index (χ3n) is 17.0. The van der Waals surface area contributed by atoms with Crippen LogP contribution in [0.2, 0.25) is 0 Å². The molecular weight excluding hydrogens is 1120 g/mol. The summed E-state index contributed by atoms with van der Waals surface area (Å²) in [5.41, 5.74) is 8.13. The zero-order chi connectivity index (χ0) is 58.1. The molecule has 0 aliphatic carbocycles. The summed E-state index contributed by atoms with van der Waals surface area (Å²) in [7, 11) is -0.383. The fourth-order valence-electron chi connectivity index (χ4n) is 12.0. The van der Waals surface area contributed by atoms with Gasteiger partial charge in [0.05, 0.1) is 39.0 Å². The molecule has 10 aromatic carbocycles. The van der Waals surface area contributed by atoms with Crippen molar-refractivity contribution < 1.29 is 9.31 Å². The monoisotopic (exact) mass is 1170 g/mol. The topological polar surface area (TPSA) is 122 Å². The molecule has 17 rings (SSSR count). The molecule has 1 saturated heterocycles. The van der Waals surface area contributed by atoms with Crippen LogP contribution in [0.15, 0.2) is 248 Å². The number of hydrogen-bond donors (Lipinski definition) is 0. The second kappa shape index (κ2) is 21.3. The summed E-state index contributed by atoms with van der Waals surface area (Å²) in [6.07, 6.45) is 10.8. The van der Waals surface area contributed by atoms with Gasteiger partial charge in [-0.25, -0.2) is 29.9 Å². The van der Waals surface area contributed by atoms with Crippen molar-refractivity contribution in [3.8, 4) is 34.0 Å². The van der Waals surface area contributed by atoms with Gasteiger partial charge in [-0.15, -0.1) is 0 Å². The van der Waals surface area contributed by atoms with E-state index in [0.717, 1.165) is 87.7 Å². The van der Waals surface area contributed by atoms with Gasteiger partial charge >= 0.3 is 7.12 Å². The van der Waals surface area contributed by atoms with Crippen LogP contribution in [0.25, 0.3) is 142 Å². The first-order chi connectivity index (χ1) is 42.0. The third-order valence-corrected chi connectivity index (χ3v) is 17.4. The summed E-state index contributed by atoms with van der Waals surface area (Å²) in [6.45, 7) is 8.35. The molecule has 0 amide bonds. The average Bonchev–Trinajstić information content (AvgIpc) is 1.08. The molecule has 86 heavy (non-hydrogen) atoms. The molecule has 7 heterocycles. The van der Waals surface area contributed by atoms with Gasteiger partial charge in [0, 0.05) is 75.4 Å². The number of fused-ring (bicyclic) bond motifs is 18. The van der Waals surface area contributed by atoms with E-state index < -0.39 is 0 Å². The number of pyridine rings is 4. The number of nitrogens with zero attached hydrogens (tertiary/aromatic N) is 8. The average molecular weight is 1180 g/mol. The number of halogens is 1. The summed E-state index contributed by atoms with van der Waals surface area (Å²) in [5.74, 6) is 1.47. The first-order valence-corrected chi connectivity index (χ1v) is 29.4. The Kier molecular flexibility index (Phi) is 13.1. The van der Waals surface area contributed by atoms with Crippen molar-refractivity contribution in [2.24, 2.45) is 0 Å². The maximum Gasteiger partial charge on any atom is 0.494 e. The molecule has 0 spiro atoms. The van der Waals surface area contributed by atoms with Crippen LogP contribution in [0.3, 0.4) is 0 Å². The second-order valence-corrected chi connectivity index (χ2v) is 23.5. The normalized spacial score (nSPS) is 13.7. The van der Waals surface area contributed by atoms with Crippen molar-refractivity contribution in [2.45, 2.75) is 38.9 Å². The summed E-state index contributed by atoms with van der Waals surface area (Å²) < 4.78 is 13.5. The molecule has 16 aromatic rings. The molecule has 0 atom stereocenters. The molecule has 0 saturated carbocycles. The number of aromatic nitrogens is 8. The van der Waals surface area contributed by atoms with Gasteiger partial charge in [-0.1, -0.05) is 152 Å². The molecule has 0 N–H and O–H groups in total. The Bertz CT molecular complexity index is 5310. The Morgan fingerprint density at radius 3 is 1.17 bits per heavy atom. The van der Waals surface area contributed by atoms with E-state index in [1.165, 1.54) is 64.6 Å². The number of benzene rings is 10. The van der Waals surface area contributed by atoms with E-state index in [0.29, 0.717) is 0 Å². The molecule has 1 aliphatic rings. The van der Waals surface area contributed by atoms with Crippen LogP contribution in [-0.4, -0.2) is 58.2 Å². The fourth-order valence-corrected chi connectivity index (χ4v) is 12.3. The van der Waals surface area contributed by atoms with Crippen molar-refractivity contribution in [1.29, 1.82) is 0 Å². The minimum atomic E-state index is -0.383. The highest BCUT2D eigenvalue weighted by Gasteiger charge is 2.51. The lowest BCUT2D eigenvalue weighted by atomic mass is 9.77.